The Hall–Kier alpha value is -1.01. The minimum Gasteiger partial charge on any atom is -0.460 e. The van der Waals surface area contributed by atoms with Gasteiger partial charge in [0.05, 0.1) is 0 Å². The lowest BCUT2D eigenvalue weighted by molar-refractivity contribution is -0.160. The van der Waals surface area contributed by atoms with Crippen LogP contribution >= 0.6 is 0 Å². The van der Waals surface area contributed by atoms with Gasteiger partial charge in [0.1, 0.15) is 12.2 Å². The monoisotopic (exact) mass is 182 g/mol. The summed E-state index contributed by atoms with van der Waals surface area (Å²) in [4.78, 5) is 10.7. The molecule has 0 bridgehead atoms. The zero-order valence-corrected chi connectivity index (χ0v) is 7.79. The molecule has 0 radical (unpaired) electrons. The summed E-state index contributed by atoms with van der Waals surface area (Å²) >= 11 is 0. The van der Waals surface area contributed by atoms with Gasteiger partial charge in [-0.2, -0.15) is 0 Å². The highest BCUT2D eigenvalue weighted by Gasteiger charge is 2.27. The van der Waals surface area contributed by atoms with E-state index in [1.165, 1.54) is 6.92 Å². The topological polar surface area (TPSA) is 35.5 Å². The Morgan fingerprint density at radius 3 is 3.15 bits per heavy atom. The first-order valence-electron chi connectivity index (χ1n) is 4.46. The molecule has 1 aliphatic heterocycles. The van der Waals surface area contributed by atoms with Crippen LogP contribution in [0.2, 0.25) is 0 Å². The van der Waals surface area contributed by atoms with E-state index in [2.05, 4.69) is 5.92 Å². The molecule has 0 saturated carbocycles. The molecule has 1 rings (SSSR count). The Morgan fingerprint density at radius 2 is 2.54 bits per heavy atom. The molecule has 0 aromatic heterocycles. The number of carbonyl (C=O) groups excluding carboxylic acids is 1. The maximum absolute atomic E-state index is 10.7. The molecule has 0 aromatic rings. The van der Waals surface area contributed by atoms with Crippen LogP contribution in [0.15, 0.2) is 0 Å². The van der Waals surface area contributed by atoms with E-state index >= 15 is 0 Å². The van der Waals surface area contributed by atoms with Gasteiger partial charge < -0.3 is 9.47 Å². The highest BCUT2D eigenvalue weighted by atomic mass is 16.6. The molecule has 0 spiro atoms. The number of ether oxygens (including phenoxy) is 2. The van der Waals surface area contributed by atoms with Crippen LogP contribution in [0.1, 0.15) is 26.2 Å². The van der Waals surface area contributed by atoms with E-state index in [1.54, 1.807) is 0 Å². The van der Waals surface area contributed by atoms with E-state index in [4.69, 9.17) is 15.9 Å². The Labute approximate surface area is 78.4 Å². The van der Waals surface area contributed by atoms with Gasteiger partial charge in [-0.15, -0.1) is 12.3 Å². The molecule has 3 nitrogen and oxygen atoms in total. The van der Waals surface area contributed by atoms with Gasteiger partial charge in [0.25, 0.3) is 0 Å². The molecule has 0 amide bonds. The fourth-order valence-electron chi connectivity index (χ4n) is 1.47. The first kappa shape index (κ1) is 10.1. The van der Waals surface area contributed by atoms with Crippen molar-refractivity contribution in [3.63, 3.8) is 0 Å². The average molecular weight is 182 g/mol. The zero-order chi connectivity index (χ0) is 9.68. The molecule has 0 aromatic carbocycles. The summed E-state index contributed by atoms with van der Waals surface area (Å²) in [5.74, 6) is 2.26. The zero-order valence-electron chi connectivity index (χ0n) is 7.79. The lowest BCUT2D eigenvalue weighted by Gasteiger charge is -2.29. The molecule has 13 heavy (non-hydrogen) atoms. The van der Waals surface area contributed by atoms with E-state index in [0.29, 0.717) is 13.0 Å². The molecule has 2 atom stereocenters. The second kappa shape index (κ2) is 4.88. The summed E-state index contributed by atoms with van der Waals surface area (Å²) in [5.41, 5.74) is 0. The summed E-state index contributed by atoms with van der Waals surface area (Å²) < 4.78 is 10.5. The van der Waals surface area contributed by atoms with Gasteiger partial charge in [-0.05, 0) is 12.8 Å². The van der Waals surface area contributed by atoms with Crippen molar-refractivity contribution in [1.29, 1.82) is 0 Å². The van der Waals surface area contributed by atoms with Crippen molar-refractivity contribution in [2.45, 2.75) is 38.4 Å². The molecular formula is C10H14O3. The van der Waals surface area contributed by atoms with Gasteiger partial charge in [-0.25, -0.2) is 0 Å². The third-order valence-electron chi connectivity index (χ3n) is 2.02. The van der Waals surface area contributed by atoms with E-state index in [9.17, 15) is 4.79 Å². The van der Waals surface area contributed by atoms with E-state index < -0.39 is 0 Å². The predicted molar refractivity (Wildman–Crippen MR) is 48.0 cm³/mol. The van der Waals surface area contributed by atoms with Crippen molar-refractivity contribution in [3.8, 4) is 12.3 Å². The molecule has 1 saturated heterocycles. The van der Waals surface area contributed by atoms with Crippen LogP contribution in [-0.4, -0.2) is 24.8 Å². The summed E-state index contributed by atoms with van der Waals surface area (Å²) in [6.45, 7) is 2.12. The van der Waals surface area contributed by atoms with Gasteiger partial charge in [0.2, 0.25) is 0 Å². The standard InChI is InChI=1S/C10H14O3/c1-3-5-9-10(13-8(2)11)6-4-7-12-9/h1,9-10H,4-7H2,2H3/t9-,10+/m1/s1. The van der Waals surface area contributed by atoms with Gasteiger partial charge in [-0.1, -0.05) is 0 Å². The normalized spacial score (nSPS) is 27.7. The summed E-state index contributed by atoms with van der Waals surface area (Å²) in [6, 6.07) is 0. The van der Waals surface area contributed by atoms with Crippen molar-refractivity contribution in [2.75, 3.05) is 6.61 Å². The number of terminal acetylenes is 1. The SMILES string of the molecule is C#CC[C@H]1OCCC[C@@H]1OC(C)=O. The summed E-state index contributed by atoms with van der Waals surface area (Å²) in [5, 5.41) is 0. The van der Waals surface area contributed by atoms with Gasteiger partial charge in [0.15, 0.2) is 0 Å². The van der Waals surface area contributed by atoms with Crippen molar-refractivity contribution in [2.24, 2.45) is 0 Å². The number of carbonyl (C=O) groups is 1. The second-order valence-corrected chi connectivity index (χ2v) is 3.11. The molecule has 0 unspecified atom stereocenters. The minimum atomic E-state index is -0.266. The lowest BCUT2D eigenvalue weighted by atomic mass is 10.0. The van der Waals surface area contributed by atoms with Crippen LogP contribution < -0.4 is 0 Å². The van der Waals surface area contributed by atoms with Crippen LogP contribution in [-0.2, 0) is 14.3 Å². The molecule has 3 heteroatoms. The average Bonchev–Trinajstić information content (AvgIpc) is 2.08. The molecule has 1 fully saturated rings. The van der Waals surface area contributed by atoms with Gasteiger partial charge in [0, 0.05) is 20.0 Å². The van der Waals surface area contributed by atoms with Crippen LogP contribution in [0.4, 0.5) is 0 Å². The second-order valence-electron chi connectivity index (χ2n) is 3.11. The number of rotatable bonds is 2. The van der Waals surface area contributed by atoms with Crippen molar-refractivity contribution in [3.05, 3.63) is 0 Å². The van der Waals surface area contributed by atoms with Crippen molar-refractivity contribution in [1.82, 2.24) is 0 Å². The Balaban J connectivity index is 2.47. The number of hydrogen-bond donors (Lipinski definition) is 0. The first-order chi connectivity index (χ1) is 6.24. The molecule has 0 N–H and O–H groups in total. The van der Waals surface area contributed by atoms with Gasteiger partial charge in [-0.3, -0.25) is 4.79 Å². The van der Waals surface area contributed by atoms with Gasteiger partial charge >= 0.3 is 5.97 Å². The van der Waals surface area contributed by atoms with Crippen molar-refractivity contribution < 1.29 is 14.3 Å². The third kappa shape index (κ3) is 3.08. The van der Waals surface area contributed by atoms with Crippen molar-refractivity contribution >= 4 is 5.97 Å². The van der Waals surface area contributed by atoms with Crippen LogP contribution in [0.25, 0.3) is 0 Å². The van der Waals surface area contributed by atoms with E-state index in [-0.39, 0.29) is 18.2 Å². The lowest BCUT2D eigenvalue weighted by Crippen LogP contribution is -2.37. The molecule has 1 aliphatic rings. The van der Waals surface area contributed by atoms with E-state index in [0.717, 1.165) is 12.8 Å². The predicted octanol–water partition coefficient (Wildman–Crippen LogP) is 1.12. The Morgan fingerprint density at radius 1 is 1.77 bits per heavy atom. The fourth-order valence-corrected chi connectivity index (χ4v) is 1.47. The van der Waals surface area contributed by atoms with E-state index in [1.807, 2.05) is 0 Å². The number of hydrogen-bond acceptors (Lipinski definition) is 3. The molecule has 1 heterocycles. The Bertz CT molecular complexity index is 217. The summed E-state index contributed by atoms with van der Waals surface area (Å²) in [7, 11) is 0. The minimum absolute atomic E-state index is 0.109. The van der Waals surface area contributed by atoms with Crippen LogP contribution in [0, 0.1) is 12.3 Å². The summed E-state index contributed by atoms with van der Waals surface area (Å²) in [6.07, 6.45) is 7.22. The highest BCUT2D eigenvalue weighted by Crippen LogP contribution is 2.19. The molecular weight excluding hydrogens is 168 g/mol. The number of esters is 1. The highest BCUT2D eigenvalue weighted by molar-refractivity contribution is 5.66. The van der Waals surface area contributed by atoms with Crippen LogP contribution in [0.5, 0.6) is 0 Å². The maximum Gasteiger partial charge on any atom is 0.302 e. The smallest absolute Gasteiger partial charge is 0.302 e. The molecule has 0 aliphatic carbocycles. The van der Waals surface area contributed by atoms with Crippen LogP contribution in [0.3, 0.4) is 0 Å². The fraction of sp³-hybridized carbons (Fsp3) is 0.700. The Kier molecular flexibility index (Phi) is 3.78. The first-order valence-corrected chi connectivity index (χ1v) is 4.46. The molecule has 72 valence electrons. The largest absolute Gasteiger partial charge is 0.460 e. The quantitative estimate of drug-likeness (QED) is 0.474. The maximum atomic E-state index is 10.7. The third-order valence-corrected chi connectivity index (χ3v) is 2.02.